The van der Waals surface area contributed by atoms with Crippen molar-refractivity contribution in [2.24, 2.45) is 17.2 Å². The van der Waals surface area contributed by atoms with Crippen molar-refractivity contribution >= 4 is 0 Å². The third-order valence-corrected chi connectivity index (χ3v) is 4.92. The number of hydrogen-bond donors (Lipinski definition) is 2. The second kappa shape index (κ2) is 6.59. The van der Waals surface area contributed by atoms with Crippen LogP contribution in [0.2, 0.25) is 0 Å². The molecule has 0 aromatic heterocycles. The van der Waals surface area contributed by atoms with Gasteiger partial charge in [-0.3, -0.25) is 11.3 Å². The first-order chi connectivity index (χ1) is 9.58. The predicted molar refractivity (Wildman–Crippen MR) is 83.5 cm³/mol. The second-order valence-corrected chi connectivity index (χ2v) is 6.63. The summed E-state index contributed by atoms with van der Waals surface area (Å²) < 4.78 is 5.46. The minimum Gasteiger partial charge on any atom is -0.496 e. The van der Waals surface area contributed by atoms with Crippen LogP contribution in [0.3, 0.4) is 0 Å². The minimum absolute atomic E-state index is 0.307. The fourth-order valence-electron chi connectivity index (χ4n) is 3.69. The molecule has 1 aromatic rings. The van der Waals surface area contributed by atoms with Gasteiger partial charge in [0.1, 0.15) is 5.75 Å². The lowest BCUT2D eigenvalue weighted by Gasteiger charge is -2.43. The Morgan fingerprint density at radius 1 is 1.35 bits per heavy atom. The van der Waals surface area contributed by atoms with Gasteiger partial charge in [-0.2, -0.15) is 0 Å². The third kappa shape index (κ3) is 3.33. The first-order valence-corrected chi connectivity index (χ1v) is 7.66. The van der Waals surface area contributed by atoms with Crippen LogP contribution in [-0.4, -0.2) is 13.2 Å². The van der Waals surface area contributed by atoms with Gasteiger partial charge < -0.3 is 4.74 Å². The highest BCUT2D eigenvalue weighted by Gasteiger charge is 2.37. The molecule has 2 unspecified atom stereocenters. The highest BCUT2D eigenvalue weighted by atomic mass is 16.5. The van der Waals surface area contributed by atoms with Crippen LogP contribution in [0.4, 0.5) is 0 Å². The maximum Gasteiger partial charge on any atom is 0.122 e. The molecule has 1 aliphatic rings. The molecule has 1 saturated carbocycles. The zero-order valence-electron chi connectivity index (χ0n) is 13.0. The van der Waals surface area contributed by atoms with Gasteiger partial charge in [-0.25, -0.2) is 0 Å². The SMILES string of the molecule is COc1ccccc1CC(NN)C1CCCCC1(C)C. The first kappa shape index (κ1) is 15.3. The lowest BCUT2D eigenvalue weighted by Crippen LogP contribution is -2.48. The Hall–Kier alpha value is -1.06. The van der Waals surface area contributed by atoms with Crippen molar-refractivity contribution in [3.8, 4) is 5.75 Å². The molecule has 0 radical (unpaired) electrons. The first-order valence-electron chi connectivity index (χ1n) is 7.66. The van der Waals surface area contributed by atoms with Crippen LogP contribution >= 0.6 is 0 Å². The van der Waals surface area contributed by atoms with Crippen LogP contribution in [0.25, 0.3) is 0 Å². The van der Waals surface area contributed by atoms with Gasteiger partial charge in [-0.05, 0) is 42.2 Å². The summed E-state index contributed by atoms with van der Waals surface area (Å²) in [7, 11) is 1.73. The van der Waals surface area contributed by atoms with Gasteiger partial charge in [0.15, 0.2) is 0 Å². The largest absolute Gasteiger partial charge is 0.496 e. The summed E-state index contributed by atoms with van der Waals surface area (Å²) in [5.74, 6) is 7.45. The standard InChI is InChI=1S/C17H28N2O/c1-17(2)11-7-6-9-14(17)15(19-18)12-13-8-4-5-10-16(13)20-3/h4-5,8,10,14-15,19H,6-7,9,11-12,18H2,1-3H3. The van der Waals surface area contributed by atoms with Crippen molar-refractivity contribution in [3.63, 3.8) is 0 Å². The van der Waals surface area contributed by atoms with E-state index in [2.05, 4.69) is 31.4 Å². The number of nitrogens with one attached hydrogen (secondary N) is 1. The Kier molecular flexibility index (Phi) is 5.06. The summed E-state index contributed by atoms with van der Waals surface area (Å²) in [6.45, 7) is 4.76. The van der Waals surface area contributed by atoms with Crippen molar-refractivity contribution < 1.29 is 4.74 Å². The van der Waals surface area contributed by atoms with Crippen LogP contribution in [0.15, 0.2) is 24.3 Å². The molecule has 0 bridgehead atoms. The molecule has 3 nitrogen and oxygen atoms in total. The highest BCUT2D eigenvalue weighted by molar-refractivity contribution is 5.34. The summed E-state index contributed by atoms with van der Waals surface area (Å²) in [5.41, 5.74) is 4.67. The molecule has 20 heavy (non-hydrogen) atoms. The van der Waals surface area contributed by atoms with Crippen molar-refractivity contribution in [3.05, 3.63) is 29.8 Å². The summed E-state index contributed by atoms with van der Waals surface area (Å²) in [6, 6.07) is 8.55. The van der Waals surface area contributed by atoms with E-state index in [0.29, 0.717) is 17.4 Å². The molecule has 1 aromatic carbocycles. The van der Waals surface area contributed by atoms with E-state index in [1.807, 2.05) is 12.1 Å². The van der Waals surface area contributed by atoms with E-state index in [0.717, 1.165) is 12.2 Å². The maximum absolute atomic E-state index is 5.87. The smallest absolute Gasteiger partial charge is 0.122 e. The molecule has 0 heterocycles. The molecule has 0 spiro atoms. The van der Waals surface area contributed by atoms with Gasteiger partial charge in [0.05, 0.1) is 7.11 Å². The zero-order chi connectivity index (χ0) is 14.6. The topological polar surface area (TPSA) is 47.3 Å². The van der Waals surface area contributed by atoms with Crippen molar-refractivity contribution in [1.82, 2.24) is 5.43 Å². The molecule has 0 saturated heterocycles. The quantitative estimate of drug-likeness (QED) is 0.641. The van der Waals surface area contributed by atoms with Crippen LogP contribution < -0.4 is 16.0 Å². The monoisotopic (exact) mass is 276 g/mol. The lowest BCUT2D eigenvalue weighted by molar-refractivity contribution is 0.0979. The van der Waals surface area contributed by atoms with Crippen LogP contribution in [-0.2, 0) is 6.42 Å². The summed E-state index contributed by atoms with van der Waals surface area (Å²) >= 11 is 0. The molecular weight excluding hydrogens is 248 g/mol. The average molecular weight is 276 g/mol. The van der Waals surface area contributed by atoms with Gasteiger partial charge in [0.2, 0.25) is 0 Å². The van der Waals surface area contributed by atoms with E-state index in [-0.39, 0.29) is 0 Å². The van der Waals surface area contributed by atoms with Crippen LogP contribution in [0.1, 0.15) is 45.1 Å². The van der Waals surface area contributed by atoms with E-state index < -0.39 is 0 Å². The molecule has 1 aliphatic carbocycles. The number of benzene rings is 1. The van der Waals surface area contributed by atoms with Crippen molar-refractivity contribution in [2.45, 2.75) is 52.0 Å². The molecule has 3 N–H and O–H groups in total. The van der Waals surface area contributed by atoms with Gasteiger partial charge in [-0.15, -0.1) is 0 Å². The Morgan fingerprint density at radius 3 is 2.75 bits per heavy atom. The van der Waals surface area contributed by atoms with Crippen LogP contribution in [0.5, 0.6) is 5.75 Å². The Bertz CT molecular complexity index is 431. The van der Waals surface area contributed by atoms with E-state index in [9.17, 15) is 0 Å². The number of methoxy groups -OCH3 is 1. The molecule has 2 atom stereocenters. The highest BCUT2D eigenvalue weighted by Crippen LogP contribution is 2.43. The number of ether oxygens (including phenoxy) is 1. The number of rotatable bonds is 5. The molecule has 0 aliphatic heterocycles. The Morgan fingerprint density at radius 2 is 2.10 bits per heavy atom. The van der Waals surface area contributed by atoms with E-state index in [1.54, 1.807) is 7.11 Å². The molecule has 2 rings (SSSR count). The Balaban J connectivity index is 2.16. The van der Waals surface area contributed by atoms with Crippen LogP contribution in [0, 0.1) is 11.3 Å². The normalized spacial score (nSPS) is 23.3. The van der Waals surface area contributed by atoms with Crippen molar-refractivity contribution in [1.29, 1.82) is 0 Å². The lowest BCUT2D eigenvalue weighted by atomic mass is 9.65. The number of hydrazine groups is 1. The summed E-state index contributed by atoms with van der Waals surface area (Å²) in [5, 5.41) is 0. The number of hydrogen-bond acceptors (Lipinski definition) is 3. The van der Waals surface area contributed by atoms with E-state index in [1.165, 1.54) is 31.2 Å². The van der Waals surface area contributed by atoms with Gasteiger partial charge in [0.25, 0.3) is 0 Å². The second-order valence-electron chi connectivity index (χ2n) is 6.63. The average Bonchev–Trinajstić information content (AvgIpc) is 2.45. The molecule has 1 fully saturated rings. The molecule has 0 amide bonds. The Labute approximate surface area is 122 Å². The zero-order valence-corrected chi connectivity index (χ0v) is 13.0. The van der Waals surface area contributed by atoms with E-state index in [4.69, 9.17) is 10.6 Å². The third-order valence-electron chi connectivity index (χ3n) is 4.92. The fraction of sp³-hybridized carbons (Fsp3) is 0.647. The maximum atomic E-state index is 5.87. The molecule has 3 heteroatoms. The van der Waals surface area contributed by atoms with E-state index >= 15 is 0 Å². The summed E-state index contributed by atoms with van der Waals surface area (Å²) in [6.07, 6.45) is 6.14. The van der Waals surface area contributed by atoms with Gasteiger partial charge in [-0.1, -0.05) is 44.9 Å². The predicted octanol–water partition coefficient (Wildman–Crippen LogP) is 3.29. The van der Waals surface area contributed by atoms with Gasteiger partial charge in [0, 0.05) is 6.04 Å². The van der Waals surface area contributed by atoms with Gasteiger partial charge >= 0.3 is 0 Å². The number of para-hydroxylation sites is 1. The minimum atomic E-state index is 0.307. The molecular formula is C17H28N2O. The van der Waals surface area contributed by atoms with Crippen molar-refractivity contribution in [2.75, 3.05) is 7.11 Å². The summed E-state index contributed by atoms with van der Waals surface area (Å²) in [4.78, 5) is 0. The molecule has 112 valence electrons. The number of nitrogens with two attached hydrogens (primary N) is 1. The fourth-order valence-corrected chi connectivity index (χ4v) is 3.69.